The first-order chi connectivity index (χ1) is 17.4. The van der Waals surface area contributed by atoms with E-state index in [0.717, 1.165) is 4.90 Å². The number of thioether (sulfide) groups is 1. The predicted octanol–water partition coefficient (Wildman–Crippen LogP) is -0.535. The zero-order valence-corrected chi connectivity index (χ0v) is 21.2. The maximum absolute atomic E-state index is 13.3. The van der Waals surface area contributed by atoms with Gasteiger partial charge in [0.25, 0.3) is 0 Å². The summed E-state index contributed by atoms with van der Waals surface area (Å²) in [7, 11) is 0. The van der Waals surface area contributed by atoms with E-state index in [0.29, 0.717) is 6.54 Å². The van der Waals surface area contributed by atoms with Gasteiger partial charge < -0.3 is 30.6 Å². The summed E-state index contributed by atoms with van der Waals surface area (Å²) >= 11 is 1.25. The zero-order valence-electron chi connectivity index (χ0n) is 20.3. The molecule has 0 aromatic heterocycles. The number of hydrogen-bond acceptors (Lipinski definition) is 8. The minimum Gasteiger partial charge on any atom is -0.508 e. The first-order valence-corrected chi connectivity index (χ1v) is 12.5. The summed E-state index contributed by atoms with van der Waals surface area (Å²) in [5, 5.41) is 23.7. The van der Waals surface area contributed by atoms with Gasteiger partial charge in [-0.05, 0) is 38.5 Å². The number of carboxylic acid groups (broad SMARTS) is 1. The number of urea groups is 1. The Hall–Kier alpha value is -3.81. The van der Waals surface area contributed by atoms with Crippen LogP contribution in [0.25, 0.3) is 0 Å². The lowest BCUT2D eigenvalue weighted by molar-refractivity contribution is -0.161. The topological polar surface area (TPSA) is 177 Å². The molecule has 4 rings (SSSR count). The van der Waals surface area contributed by atoms with Crippen LogP contribution in [0.3, 0.4) is 0 Å². The van der Waals surface area contributed by atoms with Crippen molar-refractivity contribution in [3.8, 4) is 5.75 Å². The van der Waals surface area contributed by atoms with Gasteiger partial charge >= 0.3 is 23.8 Å². The Balaban J connectivity index is 1.53. The molecular weight excluding hydrogens is 506 g/mol. The minimum absolute atomic E-state index is 0.0609. The lowest BCUT2D eigenvalue weighted by Crippen LogP contribution is -2.71. The third-order valence-corrected chi connectivity index (χ3v) is 8.24. The van der Waals surface area contributed by atoms with E-state index in [1.807, 2.05) is 0 Å². The Morgan fingerprint density at radius 2 is 1.76 bits per heavy atom. The molecule has 37 heavy (non-hydrogen) atoms. The second-order valence-electron chi connectivity index (χ2n) is 9.40. The molecule has 1 aromatic rings. The second kappa shape index (κ2) is 9.57. The van der Waals surface area contributed by atoms with E-state index in [4.69, 9.17) is 0 Å². The lowest BCUT2D eigenvalue weighted by atomic mass is 9.95. The van der Waals surface area contributed by atoms with Gasteiger partial charge in [0.15, 0.2) is 0 Å². The van der Waals surface area contributed by atoms with Gasteiger partial charge in [0.1, 0.15) is 29.2 Å². The van der Waals surface area contributed by atoms with E-state index in [1.165, 1.54) is 45.8 Å². The minimum atomic E-state index is -1.38. The molecule has 4 atom stereocenters. The fourth-order valence-electron chi connectivity index (χ4n) is 4.72. The number of β-lactam (4-membered cyclic amide) rings is 1. The van der Waals surface area contributed by atoms with E-state index in [2.05, 4.69) is 10.6 Å². The van der Waals surface area contributed by atoms with E-state index >= 15 is 0 Å². The van der Waals surface area contributed by atoms with Gasteiger partial charge in [-0.2, -0.15) is 0 Å². The Kier molecular flexibility index (Phi) is 6.79. The second-order valence-corrected chi connectivity index (χ2v) is 11.2. The first-order valence-electron chi connectivity index (χ1n) is 11.6. The average molecular weight is 534 g/mol. The molecule has 4 N–H and O–H groups in total. The number of carbonyl (C=O) groups is 6. The molecule has 0 saturated carbocycles. The Labute approximate surface area is 216 Å². The van der Waals surface area contributed by atoms with Gasteiger partial charge in [-0.15, -0.1) is 11.8 Å². The molecular formula is C23H27N5O8S. The molecule has 3 fully saturated rings. The van der Waals surface area contributed by atoms with Gasteiger partial charge in [-0.25, -0.2) is 9.59 Å². The summed E-state index contributed by atoms with van der Waals surface area (Å²) in [5.41, 5.74) is 0.251. The molecule has 3 aliphatic rings. The van der Waals surface area contributed by atoms with E-state index < -0.39 is 63.9 Å². The highest BCUT2D eigenvalue weighted by atomic mass is 32.2. The number of fused-ring (bicyclic) bond motifs is 1. The van der Waals surface area contributed by atoms with Crippen molar-refractivity contribution >= 4 is 47.4 Å². The average Bonchev–Trinajstić information content (AvgIpc) is 3.10. The fraction of sp³-hybridized carbons (Fsp3) is 0.478. The van der Waals surface area contributed by atoms with Crippen LogP contribution in [0, 0.1) is 0 Å². The van der Waals surface area contributed by atoms with Gasteiger partial charge in [-0.1, -0.05) is 12.1 Å². The molecule has 6 amide bonds. The number of likely N-dealkylation sites (N-methyl/N-ethyl adjacent to an activating group) is 1. The van der Waals surface area contributed by atoms with Crippen molar-refractivity contribution in [2.45, 2.75) is 49.0 Å². The zero-order chi connectivity index (χ0) is 27.2. The third kappa shape index (κ3) is 4.56. The number of amides is 6. The largest absolute Gasteiger partial charge is 0.508 e. The molecule has 1 unspecified atom stereocenters. The molecule has 0 spiro atoms. The van der Waals surface area contributed by atoms with Crippen LogP contribution >= 0.6 is 11.8 Å². The standard InChI is InChI=1S/C23H27N5O8S/c1-4-26-9-10-27(19(33)18(26)32)22(36)25-13(11-5-7-12(29)8-6-11)16(30)24-14-17(31)28-15(21(34)35)23(2,3)37-20(14)28/h5-8,13-15,20,29H,4,9-10H2,1-3H3,(H,24,30)(H,25,36)(H,34,35)/t13-,14-,15+,20?/m1/s1. The van der Waals surface area contributed by atoms with Gasteiger partial charge in [0.05, 0.1) is 0 Å². The number of carboxylic acids is 1. The molecule has 0 aliphatic carbocycles. The van der Waals surface area contributed by atoms with Gasteiger partial charge in [0.2, 0.25) is 11.8 Å². The van der Waals surface area contributed by atoms with Crippen molar-refractivity contribution in [2.24, 2.45) is 0 Å². The van der Waals surface area contributed by atoms with Crippen LogP contribution in [0.15, 0.2) is 24.3 Å². The molecule has 0 radical (unpaired) electrons. The SMILES string of the molecule is CCN1CCN(C(=O)N[C@@H](C(=O)N[C@@H]2C(=O)N3C2SC(C)(C)[C@@H]3C(=O)O)c2ccc(O)cc2)C(=O)C1=O. The summed E-state index contributed by atoms with van der Waals surface area (Å²) in [6.45, 7) is 5.51. The maximum Gasteiger partial charge on any atom is 0.327 e. The number of benzene rings is 1. The van der Waals surface area contributed by atoms with Crippen molar-refractivity contribution in [1.29, 1.82) is 0 Å². The normalized spacial score (nSPS) is 25.3. The molecule has 0 bridgehead atoms. The highest BCUT2D eigenvalue weighted by molar-refractivity contribution is 8.01. The summed E-state index contributed by atoms with van der Waals surface area (Å²) in [6, 6.07) is 0.979. The predicted molar refractivity (Wildman–Crippen MR) is 129 cm³/mol. The van der Waals surface area contributed by atoms with Crippen molar-refractivity contribution in [3.63, 3.8) is 0 Å². The molecule has 14 heteroatoms. The van der Waals surface area contributed by atoms with Crippen LogP contribution in [0.1, 0.15) is 32.4 Å². The summed E-state index contributed by atoms with van der Waals surface area (Å²) < 4.78 is -0.788. The number of carbonyl (C=O) groups excluding carboxylic acids is 5. The summed E-state index contributed by atoms with van der Waals surface area (Å²) in [6.07, 6.45) is 0. The van der Waals surface area contributed by atoms with Crippen LogP contribution < -0.4 is 10.6 Å². The van der Waals surface area contributed by atoms with E-state index in [9.17, 15) is 39.0 Å². The monoisotopic (exact) mass is 533 g/mol. The lowest BCUT2D eigenvalue weighted by Gasteiger charge is -2.44. The van der Waals surface area contributed by atoms with Crippen molar-refractivity contribution < 1.29 is 39.0 Å². The highest BCUT2D eigenvalue weighted by Crippen LogP contribution is 2.50. The third-order valence-electron chi connectivity index (χ3n) is 6.66. The van der Waals surface area contributed by atoms with Crippen molar-refractivity contribution in [3.05, 3.63) is 29.8 Å². The molecule has 3 heterocycles. The summed E-state index contributed by atoms with van der Waals surface area (Å²) in [4.78, 5) is 78.8. The molecule has 3 aliphatic heterocycles. The number of nitrogens with zero attached hydrogens (tertiary/aromatic N) is 3. The molecule has 13 nitrogen and oxygen atoms in total. The molecule has 3 saturated heterocycles. The number of nitrogens with one attached hydrogen (secondary N) is 2. The van der Waals surface area contributed by atoms with Crippen molar-refractivity contribution in [2.75, 3.05) is 19.6 Å². The smallest absolute Gasteiger partial charge is 0.327 e. The van der Waals surface area contributed by atoms with Crippen molar-refractivity contribution in [1.82, 2.24) is 25.3 Å². The van der Waals surface area contributed by atoms with Crippen LogP contribution in [0.4, 0.5) is 4.79 Å². The summed E-state index contributed by atoms with van der Waals surface area (Å²) in [5.74, 6) is -4.42. The number of hydrogen-bond donors (Lipinski definition) is 4. The van der Waals surface area contributed by atoms with Crippen LogP contribution in [-0.2, 0) is 24.0 Å². The Morgan fingerprint density at radius 1 is 1.11 bits per heavy atom. The number of phenols is 1. The first kappa shape index (κ1) is 26.3. The molecule has 1 aromatic carbocycles. The highest BCUT2D eigenvalue weighted by Gasteiger charge is 2.64. The number of aromatic hydroxyl groups is 1. The van der Waals surface area contributed by atoms with E-state index in [1.54, 1.807) is 20.8 Å². The number of aliphatic carboxylic acids is 1. The molecule has 198 valence electrons. The number of rotatable bonds is 6. The Morgan fingerprint density at radius 3 is 2.35 bits per heavy atom. The number of phenolic OH excluding ortho intramolecular Hbond substituents is 1. The maximum atomic E-state index is 13.3. The van der Waals surface area contributed by atoms with Gasteiger partial charge in [-0.3, -0.25) is 24.1 Å². The number of piperazine rings is 1. The fourth-order valence-corrected chi connectivity index (χ4v) is 6.35. The van der Waals surface area contributed by atoms with Crippen LogP contribution in [-0.4, -0.2) is 102 Å². The van der Waals surface area contributed by atoms with Crippen LogP contribution in [0.2, 0.25) is 0 Å². The van der Waals surface area contributed by atoms with Gasteiger partial charge in [0, 0.05) is 24.4 Å². The van der Waals surface area contributed by atoms with Crippen LogP contribution in [0.5, 0.6) is 5.75 Å². The quantitative estimate of drug-likeness (QED) is 0.276. The Bertz CT molecular complexity index is 1170. The number of imide groups is 1. The van der Waals surface area contributed by atoms with E-state index in [-0.39, 0.29) is 24.4 Å².